The van der Waals surface area contributed by atoms with Crippen LogP contribution in [0.5, 0.6) is 0 Å². The van der Waals surface area contributed by atoms with Crippen molar-refractivity contribution in [2.45, 2.75) is 33.2 Å². The predicted molar refractivity (Wildman–Crippen MR) is 133 cm³/mol. The minimum Gasteiger partial charge on any atom is -0.466 e. The van der Waals surface area contributed by atoms with Gasteiger partial charge in [-0.2, -0.15) is 0 Å². The maximum atomic E-state index is 12.9. The number of anilines is 1. The molecule has 1 atom stereocenters. The zero-order chi connectivity index (χ0) is 23.7. The van der Waals surface area contributed by atoms with Crippen molar-refractivity contribution in [3.63, 3.8) is 0 Å². The number of nitrogens with zero attached hydrogens (tertiary/aromatic N) is 2. The number of methoxy groups -OCH3 is 1. The quantitative estimate of drug-likeness (QED) is 0.552. The number of aryl methyl sites for hydroxylation is 2. The highest BCUT2D eigenvalue weighted by Gasteiger charge is 2.41. The van der Waals surface area contributed by atoms with Gasteiger partial charge in [-0.3, -0.25) is 4.79 Å². The van der Waals surface area contributed by atoms with Crippen molar-refractivity contribution >= 4 is 46.1 Å². The van der Waals surface area contributed by atoms with Crippen LogP contribution in [0.2, 0.25) is 5.02 Å². The van der Waals surface area contributed by atoms with E-state index in [0.29, 0.717) is 21.5 Å². The van der Waals surface area contributed by atoms with Gasteiger partial charge in [-0.25, -0.2) is 9.79 Å². The van der Waals surface area contributed by atoms with Crippen molar-refractivity contribution in [3.05, 3.63) is 86.6 Å². The Labute approximate surface area is 202 Å². The Morgan fingerprint density at radius 3 is 2.64 bits per heavy atom. The number of amidine groups is 1. The molecule has 2 aliphatic rings. The summed E-state index contributed by atoms with van der Waals surface area (Å²) in [5.41, 5.74) is 5.60. The number of aliphatic imine (C=N–C) groups is 1. The van der Waals surface area contributed by atoms with Crippen LogP contribution in [0.4, 0.5) is 5.69 Å². The second kappa shape index (κ2) is 9.45. The van der Waals surface area contributed by atoms with Crippen molar-refractivity contribution in [1.82, 2.24) is 4.90 Å². The highest BCUT2D eigenvalue weighted by molar-refractivity contribution is 8.16. The van der Waals surface area contributed by atoms with Gasteiger partial charge in [-0.15, -0.1) is 0 Å². The molecule has 1 unspecified atom stereocenters. The van der Waals surface area contributed by atoms with E-state index >= 15 is 0 Å². The van der Waals surface area contributed by atoms with E-state index < -0.39 is 12.0 Å². The molecular weight excluding hydrogens is 458 g/mol. The molecule has 1 amide bonds. The summed E-state index contributed by atoms with van der Waals surface area (Å²) < 4.78 is 5.08. The second-order valence-corrected chi connectivity index (χ2v) is 9.24. The van der Waals surface area contributed by atoms with Gasteiger partial charge in [-0.1, -0.05) is 41.6 Å². The SMILES string of the molecule is COC(=O)C1=C(C)N=C2SC=C(CC(=O)Nc3ccc(C)c(C)c3)N2C1c1cccc(Cl)c1. The lowest BCUT2D eigenvalue weighted by atomic mass is 9.94. The fourth-order valence-electron chi connectivity index (χ4n) is 3.92. The maximum absolute atomic E-state index is 12.9. The molecule has 33 heavy (non-hydrogen) atoms. The Morgan fingerprint density at radius 2 is 1.94 bits per heavy atom. The Bertz CT molecular complexity index is 1240. The third-order valence-electron chi connectivity index (χ3n) is 5.70. The molecule has 2 aliphatic heterocycles. The lowest BCUT2D eigenvalue weighted by molar-refractivity contribution is -0.136. The van der Waals surface area contributed by atoms with Gasteiger partial charge in [0.1, 0.15) is 0 Å². The van der Waals surface area contributed by atoms with Gasteiger partial charge in [0.25, 0.3) is 0 Å². The van der Waals surface area contributed by atoms with Crippen LogP contribution >= 0.6 is 23.4 Å². The molecule has 0 spiro atoms. The summed E-state index contributed by atoms with van der Waals surface area (Å²) in [5, 5.41) is 6.14. The summed E-state index contributed by atoms with van der Waals surface area (Å²) in [6.07, 6.45) is 0.128. The largest absolute Gasteiger partial charge is 0.466 e. The van der Waals surface area contributed by atoms with Gasteiger partial charge in [0.15, 0.2) is 5.17 Å². The van der Waals surface area contributed by atoms with E-state index in [9.17, 15) is 9.59 Å². The van der Waals surface area contributed by atoms with Crippen molar-refractivity contribution in [2.75, 3.05) is 12.4 Å². The summed E-state index contributed by atoms with van der Waals surface area (Å²) in [6.45, 7) is 5.83. The summed E-state index contributed by atoms with van der Waals surface area (Å²) in [7, 11) is 1.35. The zero-order valence-electron chi connectivity index (χ0n) is 18.8. The van der Waals surface area contributed by atoms with Crippen LogP contribution in [0.3, 0.4) is 0 Å². The highest BCUT2D eigenvalue weighted by Crippen LogP contribution is 2.45. The summed E-state index contributed by atoms with van der Waals surface area (Å²) >= 11 is 7.70. The van der Waals surface area contributed by atoms with Gasteiger partial charge < -0.3 is 15.0 Å². The van der Waals surface area contributed by atoms with Crippen molar-refractivity contribution in [3.8, 4) is 0 Å². The number of hydrogen-bond acceptors (Lipinski definition) is 6. The van der Waals surface area contributed by atoms with Crippen LogP contribution in [0.15, 0.2) is 69.8 Å². The number of benzene rings is 2. The minimum atomic E-state index is -0.501. The standard InChI is InChI=1S/C25H24ClN3O3S/c1-14-8-9-19(10-15(14)2)28-21(30)12-20-13-33-25-27-16(3)22(24(31)32-4)23(29(20)25)17-6-5-7-18(26)11-17/h5-11,13,23H,12H2,1-4H3,(H,28,30). The number of rotatable bonds is 5. The predicted octanol–water partition coefficient (Wildman–Crippen LogP) is 5.73. The Morgan fingerprint density at radius 1 is 1.15 bits per heavy atom. The molecule has 0 aromatic heterocycles. The molecule has 0 bridgehead atoms. The molecule has 170 valence electrons. The first-order chi connectivity index (χ1) is 15.8. The van der Waals surface area contributed by atoms with Crippen LogP contribution in [0.25, 0.3) is 0 Å². The highest BCUT2D eigenvalue weighted by atomic mass is 35.5. The number of thioether (sulfide) groups is 1. The molecule has 0 aliphatic carbocycles. The number of allylic oxidation sites excluding steroid dienone is 1. The van der Waals surface area contributed by atoms with Gasteiger partial charge in [-0.05, 0) is 67.1 Å². The number of esters is 1. The number of amides is 1. The van der Waals surface area contributed by atoms with Crippen molar-refractivity contribution in [1.29, 1.82) is 0 Å². The van der Waals surface area contributed by atoms with Crippen molar-refractivity contribution in [2.24, 2.45) is 4.99 Å². The van der Waals surface area contributed by atoms with Crippen LogP contribution in [0, 0.1) is 13.8 Å². The van der Waals surface area contributed by atoms with E-state index in [-0.39, 0.29) is 12.3 Å². The minimum absolute atomic E-state index is 0.128. The van der Waals surface area contributed by atoms with E-state index in [4.69, 9.17) is 16.3 Å². The lowest BCUT2D eigenvalue weighted by Gasteiger charge is -2.36. The molecular formula is C25H24ClN3O3S. The number of nitrogens with one attached hydrogen (secondary N) is 1. The normalized spacial score (nSPS) is 17.4. The van der Waals surface area contributed by atoms with E-state index in [1.807, 2.05) is 60.6 Å². The number of carbonyl (C=O) groups is 2. The van der Waals surface area contributed by atoms with E-state index in [0.717, 1.165) is 22.5 Å². The van der Waals surface area contributed by atoms with E-state index in [1.54, 1.807) is 13.0 Å². The third-order valence-corrected chi connectivity index (χ3v) is 6.83. The van der Waals surface area contributed by atoms with Gasteiger partial charge in [0.2, 0.25) is 5.91 Å². The van der Waals surface area contributed by atoms with Gasteiger partial charge in [0, 0.05) is 16.4 Å². The number of fused-ring (bicyclic) bond motifs is 1. The molecule has 4 rings (SSSR count). The average molecular weight is 482 g/mol. The monoisotopic (exact) mass is 481 g/mol. The Balaban J connectivity index is 1.65. The fraction of sp³-hybridized carbons (Fsp3) is 0.240. The number of ether oxygens (including phenoxy) is 1. The average Bonchev–Trinajstić information content (AvgIpc) is 3.16. The molecule has 0 radical (unpaired) electrons. The van der Waals surface area contributed by atoms with Gasteiger partial charge in [0.05, 0.1) is 30.8 Å². The topological polar surface area (TPSA) is 71.0 Å². The molecule has 0 saturated carbocycles. The van der Waals surface area contributed by atoms with Crippen LogP contribution < -0.4 is 5.32 Å². The molecule has 8 heteroatoms. The van der Waals surface area contributed by atoms with E-state index in [1.165, 1.54) is 24.4 Å². The van der Waals surface area contributed by atoms with Crippen LogP contribution in [-0.4, -0.2) is 29.1 Å². The van der Waals surface area contributed by atoms with Crippen LogP contribution in [-0.2, 0) is 14.3 Å². The number of hydrogen-bond donors (Lipinski definition) is 1. The fourth-order valence-corrected chi connectivity index (χ4v) is 5.08. The Kier molecular flexibility index (Phi) is 6.63. The molecule has 0 fully saturated rings. The number of halogens is 1. The smallest absolute Gasteiger partial charge is 0.338 e. The molecule has 1 N–H and O–H groups in total. The Hall–Kier alpha value is -3.03. The zero-order valence-corrected chi connectivity index (χ0v) is 20.4. The van der Waals surface area contributed by atoms with Crippen LogP contribution in [0.1, 0.15) is 36.1 Å². The molecule has 2 heterocycles. The summed E-state index contributed by atoms with van der Waals surface area (Å²) in [5.74, 6) is -0.613. The van der Waals surface area contributed by atoms with Crippen molar-refractivity contribution < 1.29 is 14.3 Å². The summed E-state index contributed by atoms with van der Waals surface area (Å²) in [4.78, 5) is 32.2. The molecule has 2 aromatic rings. The second-order valence-electron chi connectivity index (χ2n) is 7.96. The number of carbonyl (C=O) groups excluding carboxylic acids is 2. The van der Waals surface area contributed by atoms with E-state index in [2.05, 4.69) is 10.3 Å². The van der Waals surface area contributed by atoms with Gasteiger partial charge >= 0.3 is 5.97 Å². The third kappa shape index (κ3) is 4.70. The first-order valence-electron chi connectivity index (χ1n) is 10.4. The molecule has 0 saturated heterocycles. The first-order valence-corrected chi connectivity index (χ1v) is 11.7. The maximum Gasteiger partial charge on any atom is 0.338 e. The summed E-state index contributed by atoms with van der Waals surface area (Å²) in [6, 6.07) is 12.7. The first kappa shape index (κ1) is 23.1. The lowest BCUT2D eigenvalue weighted by Crippen LogP contribution is -2.37. The molecule has 2 aromatic carbocycles. The molecule has 6 nitrogen and oxygen atoms in total.